The van der Waals surface area contributed by atoms with Crippen LogP contribution in [0.15, 0.2) is 71.6 Å². The smallest absolute Gasteiger partial charge is 0.422 e. The van der Waals surface area contributed by atoms with Gasteiger partial charge in [-0.3, -0.25) is 19.8 Å². The molecule has 1 aliphatic carbocycles. The van der Waals surface area contributed by atoms with Crippen LogP contribution in [0.1, 0.15) is 49.3 Å². The summed E-state index contributed by atoms with van der Waals surface area (Å²) in [4.78, 5) is 25.9. The Morgan fingerprint density at radius 2 is 1.73 bits per heavy atom. The number of nitrogens with zero attached hydrogens (tertiary/aromatic N) is 3. The summed E-state index contributed by atoms with van der Waals surface area (Å²) in [7, 11) is 4.41. The molecule has 3 aliphatic rings. The number of alkyl halides is 3. The van der Waals surface area contributed by atoms with E-state index in [0.29, 0.717) is 37.2 Å². The lowest BCUT2D eigenvalue weighted by Gasteiger charge is -2.42. The molecule has 1 N–H and O–H groups in total. The first kappa shape index (κ1) is 37.8. The van der Waals surface area contributed by atoms with Crippen LogP contribution in [-0.4, -0.2) is 84.1 Å². The van der Waals surface area contributed by atoms with Crippen molar-refractivity contribution in [1.82, 2.24) is 9.80 Å². The molecule has 2 unspecified atom stereocenters. The molecule has 2 aromatic carbocycles. The summed E-state index contributed by atoms with van der Waals surface area (Å²) in [6, 6.07) is 9.54. The minimum absolute atomic E-state index is 0.0842. The van der Waals surface area contributed by atoms with E-state index in [2.05, 4.69) is 0 Å². The number of rotatable bonds is 13. The highest BCUT2D eigenvalue weighted by atomic mass is 19.4. The number of methoxy groups -OCH3 is 3. The fourth-order valence-electron chi connectivity index (χ4n) is 7.38. The molecule has 51 heavy (non-hydrogen) atoms. The van der Waals surface area contributed by atoms with Gasteiger partial charge in [-0.25, -0.2) is 4.39 Å². The number of allylic oxidation sites excluding steroid dienone is 2. The molecule has 2 aliphatic heterocycles. The number of ether oxygens (including phenoxy) is 3. The SMILES string of the molecule is COC(=O)CCc1cc(OC)c(CC2CCN(CC(O)(C3=CN(Cc4ccccc4F)C4(C)CC([N+](=O)[O-])=CC=C34)C(F)(F)F)CC2)c(OC)c1. The molecule has 2 heterocycles. The van der Waals surface area contributed by atoms with Gasteiger partial charge in [0.2, 0.25) is 5.70 Å². The van der Waals surface area contributed by atoms with Gasteiger partial charge in [0.15, 0.2) is 5.60 Å². The number of β-amino-alcohol motifs (C(OH)–C–C–N with tert-alkyl or cyclic N) is 1. The lowest BCUT2D eigenvalue weighted by Crippen LogP contribution is -2.56. The van der Waals surface area contributed by atoms with Crippen LogP contribution in [0.25, 0.3) is 0 Å². The van der Waals surface area contributed by atoms with Crippen molar-refractivity contribution in [3.63, 3.8) is 0 Å². The number of benzene rings is 2. The number of likely N-dealkylation sites (tertiary alicyclic amines) is 1. The Hall–Kier alpha value is -4.43. The van der Waals surface area contributed by atoms with E-state index in [1.165, 1.54) is 48.6 Å². The molecule has 10 nitrogen and oxygen atoms in total. The van der Waals surface area contributed by atoms with Gasteiger partial charge >= 0.3 is 12.1 Å². The van der Waals surface area contributed by atoms with Crippen molar-refractivity contribution >= 4 is 5.97 Å². The number of aliphatic hydroxyl groups is 1. The Labute approximate surface area is 294 Å². The Morgan fingerprint density at radius 3 is 2.29 bits per heavy atom. The zero-order chi connectivity index (χ0) is 37.1. The van der Waals surface area contributed by atoms with Gasteiger partial charge < -0.3 is 24.2 Å². The van der Waals surface area contributed by atoms with Crippen molar-refractivity contribution in [3.8, 4) is 11.5 Å². The Bertz CT molecular complexity index is 1710. The largest absolute Gasteiger partial charge is 0.496 e. The molecule has 0 bridgehead atoms. The molecule has 14 heteroatoms. The number of hydrogen-bond acceptors (Lipinski definition) is 9. The number of esters is 1. The van der Waals surface area contributed by atoms with Gasteiger partial charge in [0.25, 0.3) is 0 Å². The zero-order valence-corrected chi connectivity index (χ0v) is 29.1. The van der Waals surface area contributed by atoms with Gasteiger partial charge in [-0.2, -0.15) is 13.2 Å². The molecule has 0 radical (unpaired) electrons. The van der Waals surface area contributed by atoms with Crippen molar-refractivity contribution in [1.29, 1.82) is 0 Å². The standard InChI is InChI=1S/C37H43F4N3O7/c1-35-20-27(44(47)48)10-11-29(35)30(22-43(35)21-26-7-5-6-8-31(26)38)36(46,37(39,40)41)23-42-15-13-24(14-16-42)17-28-32(49-2)18-25(19-33(28)50-3)9-12-34(45)51-4/h5-8,10-11,18-19,22,24,46H,9,12-17,20-21,23H2,1-4H3. The minimum Gasteiger partial charge on any atom is -0.496 e. The number of halogens is 4. The van der Waals surface area contributed by atoms with Crippen LogP contribution >= 0.6 is 0 Å². The molecule has 0 spiro atoms. The molecule has 5 rings (SSSR count). The van der Waals surface area contributed by atoms with Crippen LogP contribution in [-0.2, 0) is 28.9 Å². The molecule has 276 valence electrons. The maximum absolute atomic E-state index is 15.1. The fourth-order valence-corrected chi connectivity index (χ4v) is 7.38. The van der Waals surface area contributed by atoms with Crippen molar-refractivity contribution in [2.45, 2.75) is 69.3 Å². The first-order chi connectivity index (χ1) is 24.1. The van der Waals surface area contributed by atoms with Gasteiger partial charge in [-0.15, -0.1) is 0 Å². The Morgan fingerprint density at radius 1 is 1.08 bits per heavy atom. The highest BCUT2D eigenvalue weighted by Gasteiger charge is 2.62. The van der Waals surface area contributed by atoms with Crippen LogP contribution in [0.5, 0.6) is 11.5 Å². The lowest BCUT2D eigenvalue weighted by molar-refractivity contribution is -0.429. The van der Waals surface area contributed by atoms with E-state index in [1.807, 2.05) is 12.1 Å². The Balaban J connectivity index is 1.37. The van der Waals surface area contributed by atoms with E-state index >= 15 is 13.2 Å². The monoisotopic (exact) mass is 717 g/mol. The third-order valence-electron chi connectivity index (χ3n) is 10.4. The summed E-state index contributed by atoms with van der Waals surface area (Å²) in [5.41, 5.74) is -3.29. The quantitative estimate of drug-likeness (QED) is 0.113. The molecule has 0 aromatic heterocycles. The predicted octanol–water partition coefficient (Wildman–Crippen LogP) is 6.15. The summed E-state index contributed by atoms with van der Waals surface area (Å²) in [5, 5.41) is 23.5. The fraction of sp³-hybridized carbons (Fsp3) is 0.486. The number of fused-ring (bicyclic) bond motifs is 1. The Kier molecular flexibility index (Phi) is 11.2. The molecule has 2 atom stereocenters. The van der Waals surface area contributed by atoms with Crippen LogP contribution in [0, 0.1) is 21.8 Å². The summed E-state index contributed by atoms with van der Waals surface area (Å²) in [6.45, 7) is 1.23. The third-order valence-corrected chi connectivity index (χ3v) is 10.4. The van der Waals surface area contributed by atoms with E-state index in [1.54, 1.807) is 32.1 Å². The van der Waals surface area contributed by atoms with E-state index < -0.39 is 40.2 Å². The van der Waals surface area contributed by atoms with Crippen molar-refractivity contribution in [3.05, 3.63) is 104 Å². The van der Waals surface area contributed by atoms with Crippen LogP contribution in [0.3, 0.4) is 0 Å². The van der Waals surface area contributed by atoms with E-state index in [-0.39, 0.29) is 61.2 Å². The molecule has 2 aromatic rings. The molecule has 1 saturated heterocycles. The van der Waals surface area contributed by atoms with Crippen molar-refractivity contribution < 1.29 is 46.6 Å². The normalized spacial score (nSPS) is 20.9. The minimum atomic E-state index is -5.10. The van der Waals surface area contributed by atoms with Gasteiger partial charge in [0.05, 0.1) is 38.2 Å². The van der Waals surface area contributed by atoms with Gasteiger partial charge in [-0.1, -0.05) is 18.2 Å². The van der Waals surface area contributed by atoms with Gasteiger partial charge in [-0.05, 0) is 87.0 Å². The first-order valence-electron chi connectivity index (χ1n) is 16.7. The predicted molar refractivity (Wildman–Crippen MR) is 180 cm³/mol. The number of aryl methyl sites for hydroxylation is 1. The first-order valence-corrected chi connectivity index (χ1v) is 16.7. The van der Waals surface area contributed by atoms with Crippen LogP contribution in [0.4, 0.5) is 17.6 Å². The number of carbonyl (C=O) groups excluding carboxylic acids is 1. The second kappa shape index (κ2) is 15.0. The molecule has 0 amide bonds. The average molecular weight is 718 g/mol. The van der Waals surface area contributed by atoms with Crippen molar-refractivity contribution in [2.24, 2.45) is 5.92 Å². The zero-order valence-electron chi connectivity index (χ0n) is 29.1. The highest BCUT2D eigenvalue weighted by molar-refractivity contribution is 5.69. The van der Waals surface area contributed by atoms with Crippen LogP contribution in [0.2, 0.25) is 0 Å². The van der Waals surface area contributed by atoms with Crippen molar-refractivity contribution in [2.75, 3.05) is 41.0 Å². The molecule has 1 fully saturated rings. The summed E-state index contributed by atoms with van der Waals surface area (Å²) in [5.74, 6) is 0.369. The van der Waals surface area contributed by atoms with Crippen LogP contribution < -0.4 is 9.47 Å². The second-order valence-electron chi connectivity index (χ2n) is 13.5. The van der Waals surface area contributed by atoms with E-state index in [0.717, 1.165) is 11.1 Å². The van der Waals surface area contributed by atoms with E-state index in [9.17, 15) is 24.4 Å². The third kappa shape index (κ3) is 7.76. The summed E-state index contributed by atoms with van der Waals surface area (Å²) in [6.07, 6.45) is 0.562. The number of hydrogen-bond donors (Lipinski definition) is 1. The topological polar surface area (TPSA) is 115 Å². The number of carbonyl (C=O) groups is 1. The second-order valence-corrected chi connectivity index (χ2v) is 13.5. The lowest BCUT2D eigenvalue weighted by atomic mass is 9.76. The van der Waals surface area contributed by atoms with Gasteiger partial charge in [0.1, 0.15) is 17.3 Å². The maximum Gasteiger partial charge on any atom is 0.422 e. The summed E-state index contributed by atoms with van der Waals surface area (Å²) >= 11 is 0. The average Bonchev–Trinajstić information content (AvgIpc) is 3.39. The molecular formula is C37H43F4N3O7. The maximum atomic E-state index is 15.1. The number of piperidine rings is 1. The van der Waals surface area contributed by atoms with E-state index in [4.69, 9.17) is 14.2 Å². The molecular weight excluding hydrogens is 674 g/mol. The van der Waals surface area contributed by atoms with Gasteiger partial charge in [0, 0.05) is 48.5 Å². The molecule has 0 saturated carbocycles. The highest BCUT2D eigenvalue weighted by Crippen LogP contribution is 2.52. The summed E-state index contributed by atoms with van der Waals surface area (Å²) < 4.78 is 76.1. The number of nitro groups is 1.